The van der Waals surface area contributed by atoms with E-state index in [9.17, 15) is 5.11 Å². The first kappa shape index (κ1) is 12.3. The standard InChI is InChI=1S/C11H16ClNO2/c1-3-13-9(7-14)11-8(12)5-4-6-10(11)15-2/h4-6,9,13-14H,3,7H2,1-2H3. The molecule has 3 nitrogen and oxygen atoms in total. The molecule has 1 atom stereocenters. The Morgan fingerprint density at radius 3 is 2.80 bits per heavy atom. The smallest absolute Gasteiger partial charge is 0.125 e. The number of ether oxygens (including phenoxy) is 1. The minimum absolute atomic E-state index is 0.00602. The van der Waals surface area contributed by atoms with Crippen molar-refractivity contribution < 1.29 is 9.84 Å². The van der Waals surface area contributed by atoms with E-state index < -0.39 is 0 Å². The lowest BCUT2D eigenvalue weighted by atomic mass is 10.1. The summed E-state index contributed by atoms with van der Waals surface area (Å²) in [6.07, 6.45) is 0. The van der Waals surface area contributed by atoms with E-state index in [2.05, 4.69) is 5.32 Å². The number of nitrogens with one attached hydrogen (secondary N) is 1. The Morgan fingerprint density at radius 2 is 2.27 bits per heavy atom. The second-order valence-electron chi connectivity index (χ2n) is 3.15. The number of rotatable bonds is 5. The van der Waals surface area contributed by atoms with E-state index in [1.54, 1.807) is 13.2 Å². The van der Waals surface area contributed by atoms with Gasteiger partial charge in [-0.15, -0.1) is 0 Å². The molecule has 0 aliphatic heterocycles. The second-order valence-corrected chi connectivity index (χ2v) is 3.56. The predicted molar refractivity (Wildman–Crippen MR) is 61.5 cm³/mol. The highest BCUT2D eigenvalue weighted by Crippen LogP contribution is 2.31. The molecule has 4 heteroatoms. The van der Waals surface area contributed by atoms with Crippen LogP contribution >= 0.6 is 11.6 Å². The van der Waals surface area contributed by atoms with Crippen molar-refractivity contribution in [3.05, 3.63) is 28.8 Å². The van der Waals surface area contributed by atoms with Crippen LogP contribution in [0.5, 0.6) is 5.75 Å². The van der Waals surface area contributed by atoms with Crippen LogP contribution in [0.3, 0.4) is 0 Å². The highest BCUT2D eigenvalue weighted by atomic mass is 35.5. The van der Waals surface area contributed by atoms with Gasteiger partial charge in [0.2, 0.25) is 0 Å². The number of hydrogen-bond donors (Lipinski definition) is 2. The summed E-state index contributed by atoms with van der Waals surface area (Å²) >= 11 is 6.09. The maximum atomic E-state index is 9.28. The van der Waals surface area contributed by atoms with Crippen LogP contribution in [0, 0.1) is 0 Å². The van der Waals surface area contributed by atoms with Crippen LogP contribution in [-0.2, 0) is 0 Å². The molecule has 0 aliphatic carbocycles. The molecule has 1 aromatic rings. The molecule has 0 fully saturated rings. The van der Waals surface area contributed by atoms with Gasteiger partial charge < -0.3 is 15.2 Å². The summed E-state index contributed by atoms with van der Waals surface area (Å²) in [5.74, 6) is 0.697. The molecule has 15 heavy (non-hydrogen) atoms. The Labute approximate surface area is 95.0 Å². The molecule has 0 aromatic heterocycles. The quantitative estimate of drug-likeness (QED) is 0.812. The van der Waals surface area contributed by atoms with Gasteiger partial charge in [0, 0.05) is 10.6 Å². The molecule has 1 aromatic carbocycles. The molecule has 0 saturated carbocycles. The van der Waals surface area contributed by atoms with Gasteiger partial charge in [0.05, 0.1) is 19.8 Å². The van der Waals surface area contributed by atoms with Crippen LogP contribution in [0.25, 0.3) is 0 Å². The Balaban J connectivity index is 3.08. The van der Waals surface area contributed by atoms with Crippen molar-refractivity contribution >= 4 is 11.6 Å². The molecule has 1 rings (SSSR count). The number of aliphatic hydroxyl groups is 1. The van der Waals surface area contributed by atoms with Crippen molar-refractivity contribution in [2.24, 2.45) is 0 Å². The molecular weight excluding hydrogens is 214 g/mol. The summed E-state index contributed by atoms with van der Waals surface area (Å²) in [6.45, 7) is 2.74. The fourth-order valence-corrected chi connectivity index (χ4v) is 1.84. The van der Waals surface area contributed by atoms with Gasteiger partial charge in [-0.05, 0) is 18.7 Å². The van der Waals surface area contributed by atoms with E-state index in [1.165, 1.54) is 0 Å². The first-order valence-electron chi connectivity index (χ1n) is 4.91. The molecule has 84 valence electrons. The largest absolute Gasteiger partial charge is 0.496 e. The molecule has 0 spiro atoms. The van der Waals surface area contributed by atoms with Crippen molar-refractivity contribution in [2.45, 2.75) is 13.0 Å². The van der Waals surface area contributed by atoms with E-state index >= 15 is 0 Å². The van der Waals surface area contributed by atoms with E-state index in [1.807, 2.05) is 19.1 Å². The summed E-state index contributed by atoms with van der Waals surface area (Å²) in [5, 5.41) is 13.0. The molecule has 0 amide bonds. The first-order valence-corrected chi connectivity index (χ1v) is 5.29. The molecular formula is C11H16ClNO2. The predicted octanol–water partition coefficient (Wildman–Crippen LogP) is 1.99. The highest BCUT2D eigenvalue weighted by molar-refractivity contribution is 6.31. The maximum absolute atomic E-state index is 9.28. The van der Waals surface area contributed by atoms with Crippen LogP contribution in [-0.4, -0.2) is 25.4 Å². The number of benzene rings is 1. The SMILES string of the molecule is CCNC(CO)c1c(Cl)cccc1OC. The van der Waals surface area contributed by atoms with Gasteiger partial charge in [0.1, 0.15) is 5.75 Å². The zero-order valence-electron chi connectivity index (χ0n) is 8.96. The van der Waals surface area contributed by atoms with E-state index in [-0.39, 0.29) is 12.6 Å². The van der Waals surface area contributed by atoms with Gasteiger partial charge in [-0.25, -0.2) is 0 Å². The topological polar surface area (TPSA) is 41.5 Å². The summed E-state index contributed by atoms with van der Waals surface area (Å²) in [5.41, 5.74) is 0.811. The average molecular weight is 230 g/mol. The summed E-state index contributed by atoms with van der Waals surface area (Å²) < 4.78 is 5.22. The Kier molecular flexibility index (Phi) is 4.88. The fraction of sp³-hybridized carbons (Fsp3) is 0.455. The number of halogens is 1. The molecule has 2 N–H and O–H groups in total. The average Bonchev–Trinajstić information content (AvgIpc) is 2.26. The third-order valence-electron chi connectivity index (χ3n) is 2.21. The lowest BCUT2D eigenvalue weighted by Crippen LogP contribution is -2.24. The maximum Gasteiger partial charge on any atom is 0.125 e. The Bertz CT molecular complexity index is 317. The summed E-state index contributed by atoms with van der Waals surface area (Å²) in [6, 6.07) is 5.27. The van der Waals surface area contributed by atoms with E-state index in [4.69, 9.17) is 16.3 Å². The number of likely N-dealkylation sites (N-methyl/N-ethyl adjacent to an activating group) is 1. The van der Waals surface area contributed by atoms with Crippen LogP contribution in [0.4, 0.5) is 0 Å². The highest BCUT2D eigenvalue weighted by Gasteiger charge is 2.17. The minimum atomic E-state index is -0.182. The van der Waals surface area contributed by atoms with Crippen molar-refractivity contribution in [3.8, 4) is 5.75 Å². The van der Waals surface area contributed by atoms with Crippen molar-refractivity contribution in [2.75, 3.05) is 20.3 Å². The molecule has 0 aliphatic rings. The Morgan fingerprint density at radius 1 is 1.53 bits per heavy atom. The van der Waals surface area contributed by atoms with Gasteiger partial charge in [-0.2, -0.15) is 0 Å². The van der Waals surface area contributed by atoms with Crippen molar-refractivity contribution in [1.29, 1.82) is 0 Å². The van der Waals surface area contributed by atoms with Crippen LogP contribution in [0.15, 0.2) is 18.2 Å². The summed E-state index contributed by atoms with van der Waals surface area (Å²) in [7, 11) is 1.59. The third kappa shape index (κ3) is 2.84. The molecule has 0 saturated heterocycles. The summed E-state index contributed by atoms with van der Waals surface area (Å²) in [4.78, 5) is 0. The molecule has 0 radical (unpaired) electrons. The normalized spacial score (nSPS) is 12.5. The monoisotopic (exact) mass is 229 g/mol. The van der Waals surface area contributed by atoms with Gasteiger partial charge in [-0.3, -0.25) is 0 Å². The number of aliphatic hydroxyl groups excluding tert-OH is 1. The van der Waals surface area contributed by atoms with Gasteiger partial charge in [0.15, 0.2) is 0 Å². The van der Waals surface area contributed by atoms with Crippen molar-refractivity contribution in [3.63, 3.8) is 0 Å². The zero-order chi connectivity index (χ0) is 11.3. The van der Waals surface area contributed by atoms with Crippen molar-refractivity contribution in [1.82, 2.24) is 5.32 Å². The number of hydrogen-bond acceptors (Lipinski definition) is 3. The van der Waals surface area contributed by atoms with Gasteiger partial charge in [0.25, 0.3) is 0 Å². The lowest BCUT2D eigenvalue weighted by molar-refractivity contribution is 0.243. The van der Waals surface area contributed by atoms with Gasteiger partial charge >= 0.3 is 0 Å². The third-order valence-corrected chi connectivity index (χ3v) is 2.54. The second kappa shape index (κ2) is 5.95. The Hall–Kier alpha value is -0.770. The minimum Gasteiger partial charge on any atom is -0.496 e. The fourth-order valence-electron chi connectivity index (χ4n) is 1.54. The van der Waals surface area contributed by atoms with Gasteiger partial charge in [-0.1, -0.05) is 24.6 Å². The first-order chi connectivity index (χ1) is 7.24. The van der Waals surface area contributed by atoms with Crippen LogP contribution in [0.2, 0.25) is 5.02 Å². The van der Waals surface area contributed by atoms with Crippen LogP contribution in [0.1, 0.15) is 18.5 Å². The molecule has 0 bridgehead atoms. The lowest BCUT2D eigenvalue weighted by Gasteiger charge is -2.19. The zero-order valence-corrected chi connectivity index (χ0v) is 9.71. The number of methoxy groups -OCH3 is 1. The van der Waals surface area contributed by atoms with E-state index in [0.717, 1.165) is 12.1 Å². The van der Waals surface area contributed by atoms with E-state index in [0.29, 0.717) is 10.8 Å². The molecule has 0 heterocycles. The molecule has 1 unspecified atom stereocenters. The van der Waals surface area contributed by atoms with Crippen LogP contribution < -0.4 is 10.1 Å².